The molecule has 7 heteroatoms. The second-order valence-electron chi connectivity index (χ2n) is 7.62. The third-order valence-corrected chi connectivity index (χ3v) is 5.31. The molecule has 0 spiro atoms. The van der Waals surface area contributed by atoms with Crippen LogP contribution in [0.5, 0.6) is 0 Å². The highest BCUT2D eigenvalue weighted by Gasteiger charge is 2.15. The molecule has 166 valence electrons. The fourth-order valence-corrected chi connectivity index (χ4v) is 3.66. The van der Waals surface area contributed by atoms with Crippen molar-refractivity contribution in [2.24, 2.45) is 0 Å². The number of para-hydroxylation sites is 1. The normalized spacial score (nSPS) is 10.7. The third-order valence-electron chi connectivity index (χ3n) is 5.31. The van der Waals surface area contributed by atoms with Crippen LogP contribution in [0.1, 0.15) is 26.3 Å². The molecule has 0 radical (unpaired) electrons. The van der Waals surface area contributed by atoms with Crippen molar-refractivity contribution in [2.45, 2.75) is 6.54 Å². The van der Waals surface area contributed by atoms with Crippen molar-refractivity contribution in [2.75, 3.05) is 5.32 Å². The van der Waals surface area contributed by atoms with Crippen LogP contribution < -0.4 is 10.6 Å². The molecule has 5 aromatic rings. The summed E-state index contributed by atoms with van der Waals surface area (Å²) in [6.45, 7) is 0.296. The van der Waals surface area contributed by atoms with E-state index < -0.39 is 0 Å². The number of fused-ring (bicyclic) bond motifs is 1. The predicted molar refractivity (Wildman–Crippen MR) is 129 cm³/mol. The lowest BCUT2D eigenvalue weighted by Gasteiger charge is -2.11. The zero-order valence-corrected chi connectivity index (χ0v) is 18.1. The highest BCUT2D eigenvalue weighted by molar-refractivity contribution is 6.07. The summed E-state index contributed by atoms with van der Waals surface area (Å²) in [4.78, 5) is 34.1. The van der Waals surface area contributed by atoms with Crippen LogP contribution in [0.25, 0.3) is 22.4 Å². The number of carbonyl (C=O) groups excluding carboxylic acids is 2. The second kappa shape index (κ2) is 9.38. The summed E-state index contributed by atoms with van der Waals surface area (Å²) in [6.07, 6.45) is 4.72. The van der Waals surface area contributed by atoms with Crippen LogP contribution in [-0.4, -0.2) is 21.8 Å². The molecule has 2 N–H and O–H groups in total. The van der Waals surface area contributed by atoms with E-state index in [-0.39, 0.29) is 11.8 Å². The standard InChI is InChI=1S/C27H20N4O3/c32-26(19-10-12-28-13-11-19)30-20-6-3-5-18(15-20)17-29-27(33)22-16-24(25-9-4-14-34-25)31-23-8-2-1-7-21(22)23/h1-16H,17H2,(H,29,33)(H,30,32). The zero-order valence-electron chi connectivity index (χ0n) is 18.1. The first-order chi connectivity index (χ1) is 16.7. The van der Waals surface area contributed by atoms with Crippen molar-refractivity contribution in [3.63, 3.8) is 0 Å². The average Bonchev–Trinajstić information content (AvgIpc) is 3.42. The topological polar surface area (TPSA) is 97.1 Å². The number of hydrogen-bond acceptors (Lipinski definition) is 5. The van der Waals surface area contributed by atoms with E-state index in [0.717, 1.165) is 10.9 Å². The van der Waals surface area contributed by atoms with Crippen molar-refractivity contribution in [1.82, 2.24) is 15.3 Å². The van der Waals surface area contributed by atoms with Gasteiger partial charge in [-0.1, -0.05) is 30.3 Å². The van der Waals surface area contributed by atoms with Gasteiger partial charge in [-0.05, 0) is 54.1 Å². The number of carbonyl (C=O) groups is 2. The van der Waals surface area contributed by atoms with E-state index in [1.165, 1.54) is 0 Å². The number of benzene rings is 2. The Morgan fingerprint density at radius 3 is 2.53 bits per heavy atom. The first kappa shape index (κ1) is 21.1. The van der Waals surface area contributed by atoms with Gasteiger partial charge in [-0.2, -0.15) is 0 Å². The minimum Gasteiger partial charge on any atom is -0.463 e. The summed E-state index contributed by atoms with van der Waals surface area (Å²) in [6, 6.07) is 23.5. The first-order valence-corrected chi connectivity index (χ1v) is 10.7. The van der Waals surface area contributed by atoms with Gasteiger partial charge in [0, 0.05) is 35.6 Å². The summed E-state index contributed by atoms with van der Waals surface area (Å²) >= 11 is 0. The highest BCUT2D eigenvalue weighted by atomic mass is 16.3. The van der Waals surface area contributed by atoms with Gasteiger partial charge >= 0.3 is 0 Å². The molecule has 5 rings (SSSR count). The summed E-state index contributed by atoms with van der Waals surface area (Å²) in [5.74, 6) is 0.146. The van der Waals surface area contributed by atoms with Crippen LogP contribution in [0.15, 0.2) is 102 Å². The molecule has 0 saturated carbocycles. The van der Waals surface area contributed by atoms with Crippen molar-refractivity contribution < 1.29 is 14.0 Å². The number of anilines is 1. The lowest BCUT2D eigenvalue weighted by atomic mass is 10.1. The average molecular weight is 448 g/mol. The molecule has 2 amide bonds. The Morgan fingerprint density at radius 2 is 1.71 bits per heavy atom. The number of hydrogen-bond donors (Lipinski definition) is 2. The maximum atomic E-state index is 13.2. The Hall–Kier alpha value is -4.78. The molecule has 0 aliphatic carbocycles. The van der Waals surface area contributed by atoms with Crippen LogP contribution in [-0.2, 0) is 6.54 Å². The lowest BCUT2D eigenvalue weighted by Crippen LogP contribution is -2.23. The maximum absolute atomic E-state index is 13.2. The molecule has 2 aromatic carbocycles. The maximum Gasteiger partial charge on any atom is 0.255 e. The summed E-state index contributed by atoms with van der Waals surface area (Å²) in [7, 11) is 0. The predicted octanol–water partition coefficient (Wildman–Crippen LogP) is 5.07. The number of aromatic nitrogens is 2. The van der Waals surface area contributed by atoms with Gasteiger partial charge < -0.3 is 15.1 Å². The smallest absolute Gasteiger partial charge is 0.255 e. The summed E-state index contributed by atoms with van der Waals surface area (Å²) in [5, 5.41) is 6.60. The number of furan rings is 1. The van der Waals surface area contributed by atoms with Gasteiger partial charge in [0.1, 0.15) is 5.69 Å². The molecule has 0 aliphatic rings. The van der Waals surface area contributed by atoms with Crippen LogP contribution in [0.4, 0.5) is 5.69 Å². The van der Waals surface area contributed by atoms with Gasteiger partial charge in [-0.25, -0.2) is 4.98 Å². The summed E-state index contributed by atoms with van der Waals surface area (Å²) in [5.41, 5.74) is 3.83. The van der Waals surface area contributed by atoms with E-state index in [9.17, 15) is 9.59 Å². The fraction of sp³-hybridized carbons (Fsp3) is 0.0370. The quantitative estimate of drug-likeness (QED) is 0.378. The number of amides is 2. The van der Waals surface area contributed by atoms with Crippen molar-refractivity contribution in [3.8, 4) is 11.5 Å². The van der Waals surface area contributed by atoms with Crippen molar-refractivity contribution >= 4 is 28.4 Å². The minimum atomic E-state index is -0.225. The molecular formula is C27H20N4O3. The minimum absolute atomic E-state index is 0.224. The summed E-state index contributed by atoms with van der Waals surface area (Å²) < 4.78 is 5.48. The Bertz CT molecular complexity index is 1460. The highest BCUT2D eigenvalue weighted by Crippen LogP contribution is 2.25. The molecule has 0 aliphatic heterocycles. The first-order valence-electron chi connectivity index (χ1n) is 10.7. The Labute approximate surface area is 195 Å². The largest absolute Gasteiger partial charge is 0.463 e. The number of rotatable bonds is 6. The van der Waals surface area contributed by atoms with E-state index in [2.05, 4.69) is 20.6 Å². The molecule has 3 aromatic heterocycles. The molecular weight excluding hydrogens is 428 g/mol. The molecule has 0 saturated heterocycles. The number of pyridine rings is 2. The molecule has 0 unspecified atom stereocenters. The molecule has 0 fully saturated rings. The molecule has 34 heavy (non-hydrogen) atoms. The fourth-order valence-electron chi connectivity index (χ4n) is 3.66. The molecule has 0 bridgehead atoms. The number of nitrogens with one attached hydrogen (secondary N) is 2. The Kier molecular flexibility index (Phi) is 5.82. The van der Waals surface area contributed by atoms with Gasteiger partial charge in [0.2, 0.25) is 0 Å². The molecule has 0 atom stereocenters. The van der Waals surface area contributed by atoms with Crippen LogP contribution >= 0.6 is 0 Å². The van der Waals surface area contributed by atoms with E-state index in [0.29, 0.717) is 40.3 Å². The monoisotopic (exact) mass is 448 g/mol. The Balaban J connectivity index is 1.34. The molecule has 7 nitrogen and oxygen atoms in total. The van der Waals surface area contributed by atoms with E-state index in [4.69, 9.17) is 4.42 Å². The lowest BCUT2D eigenvalue weighted by molar-refractivity contribution is 0.0951. The van der Waals surface area contributed by atoms with E-state index in [1.54, 1.807) is 49.0 Å². The third kappa shape index (κ3) is 4.54. The van der Waals surface area contributed by atoms with E-state index in [1.807, 2.05) is 48.5 Å². The SMILES string of the molecule is O=C(Nc1cccc(CNC(=O)c2cc(-c3ccco3)nc3ccccc23)c1)c1ccncc1. The van der Waals surface area contributed by atoms with Gasteiger partial charge in [-0.3, -0.25) is 14.6 Å². The zero-order chi connectivity index (χ0) is 23.3. The van der Waals surface area contributed by atoms with Crippen molar-refractivity contribution in [1.29, 1.82) is 0 Å². The molecule has 3 heterocycles. The van der Waals surface area contributed by atoms with Gasteiger partial charge in [0.25, 0.3) is 11.8 Å². The van der Waals surface area contributed by atoms with E-state index >= 15 is 0 Å². The number of nitrogens with zero attached hydrogens (tertiary/aromatic N) is 2. The Morgan fingerprint density at radius 1 is 0.853 bits per heavy atom. The van der Waals surface area contributed by atoms with Crippen LogP contribution in [0, 0.1) is 0 Å². The van der Waals surface area contributed by atoms with Gasteiger partial charge in [-0.15, -0.1) is 0 Å². The van der Waals surface area contributed by atoms with Crippen LogP contribution in [0.2, 0.25) is 0 Å². The van der Waals surface area contributed by atoms with Crippen LogP contribution in [0.3, 0.4) is 0 Å². The van der Waals surface area contributed by atoms with Gasteiger partial charge in [0.15, 0.2) is 5.76 Å². The van der Waals surface area contributed by atoms with Crippen molar-refractivity contribution in [3.05, 3.63) is 114 Å². The van der Waals surface area contributed by atoms with Gasteiger partial charge in [0.05, 0.1) is 17.3 Å². The second-order valence-corrected chi connectivity index (χ2v) is 7.62.